The Balaban J connectivity index is 1.44. The average molecular weight is 317 g/mol. The van der Waals surface area contributed by atoms with Gasteiger partial charge >= 0.3 is 0 Å². The lowest BCUT2D eigenvalue weighted by Gasteiger charge is -2.33. The van der Waals surface area contributed by atoms with Gasteiger partial charge in [0.15, 0.2) is 5.76 Å². The molecule has 2 aliphatic heterocycles. The van der Waals surface area contributed by atoms with Crippen molar-refractivity contribution in [2.24, 2.45) is 5.92 Å². The lowest BCUT2D eigenvalue weighted by molar-refractivity contribution is -0.00825. The number of hydrogen-bond acceptors (Lipinski definition) is 6. The van der Waals surface area contributed by atoms with Crippen molar-refractivity contribution in [3.05, 3.63) is 35.4 Å². The molecule has 0 aliphatic carbocycles. The fraction of sp³-hybridized carbons (Fsp3) is 0.562. The van der Waals surface area contributed by atoms with E-state index in [-0.39, 0.29) is 18.1 Å². The summed E-state index contributed by atoms with van der Waals surface area (Å²) in [6.07, 6.45) is 1.69. The number of likely N-dealkylation sites (tertiary alicyclic amines) is 1. The molecule has 4 rings (SSSR count). The lowest BCUT2D eigenvalue weighted by Crippen LogP contribution is -2.45. The number of aryl methyl sites for hydroxylation is 2. The number of furan rings is 1. The highest BCUT2D eigenvalue weighted by Gasteiger charge is 2.42. The second-order valence-electron chi connectivity index (χ2n) is 6.28. The summed E-state index contributed by atoms with van der Waals surface area (Å²) in [6, 6.07) is 3.53. The van der Waals surface area contributed by atoms with Crippen LogP contribution in [-0.2, 0) is 4.74 Å². The third-order valence-corrected chi connectivity index (χ3v) is 4.62. The first-order valence-corrected chi connectivity index (χ1v) is 7.91. The van der Waals surface area contributed by atoms with Crippen LogP contribution in [0, 0.1) is 19.8 Å². The molecule has 7 nitrogen and oxygen atoms in total. The molecule has 122 valence electrons. The Bertz CT molecular complexity index is 722. The van der Waals surface area contributed by atoms with Gasteiger partial charge in [-0.1, -0.05) is 5.16 Å². The first-order valence-electron chi connectivity index (χ1n) is 7.91. The smallest absolute Gasteiger partial charge is 0.289 e. The Morgan fingerprint density at radius 1 is 1.35 bits per heavy atom. The Labute approximate surface area is 133 Å². The molecule has 2 aromatic rings. The van der Waals surface area contributed by atoms with Crippen LogP contribution in [0.5, 0.6) is 0 Å². The van der Waals surface area contributed by atoms with E-state index in [1.807, 2.05) is 11.8 Å². The number of hydrogen-bond donors (Lipinski definition) is 0. The number of carbonyl (C=O) groups excluding carboxylic acids is 1. The topological polar surface area (TPSA) is 81.6 Å². The summed E-state index contributed by atoms with van der Waals surface area (Å²) in [7, 11) is 0. The molecule has 0 aromatic carbocycles. The molecule has 4 heterocycles. The maximum Gasteiger partial charge on any atom is 0.289 e. The van der Waals surface area contributed by atoms with Gasteiger partial charge in [-0.2, -0.15) is 4.98 Å². The van der Waals surface area contributed by atoms with E-state index in [2.05, 4.69) is 10.1 Å². The van der Waals surface area contributed by atoms with E-state index in [1.165, 1.54) is 0 Å². The largest absolute Gasteiger partial charge is 0.456 e. The van der Waals surface area contributed by atoms with Crippen LogP contribution < -0.4 is 0 Å². The van der Waals surface area contributed by atoms with Crippen LogP contribution >= 0.6 is 0 Å². The minimum absolute atomic E-state index is 0.0209. The van der Waals surface area contributed by atoms with Crippen molar-refractivity contribution in [2.45, 2.75) is 38.9 Å². The SMILES string of the molecule is Cc1ccc(C(=O)N2CC[C@H]3C[C@H](c4noc(C)n4)O[C@@H]3C2)o1. The van der Waals surface area contributed by atoms with Gasteiger partial charge in [-0.3, -0.25) is 4.79 Å². The van der Waals surface area contributed by atoms with E-state index < -0.39 is 0 Å². The quantitative estimate of drug-likeness (QED) is 0.845. The molecule has 0 saturated carbocycles. The summed E-state index contributed by atoms with van der Waals surface area (Å²) in [5, 5.41) is 3.95. The van der Waals surface area contributed by atoms with Crippen LogP contribution in [0.1, 0.15) is 47.0 Å². The van der Waals surface area contributed by atoms with Crippen LogP contribution in [0.4, 0.5) is 0 Å². The Morgan fingerprint density at radius 3 is 2.91 bits per heavy atom. The fourth-order valence-corrected chi connectivity index (χ4v) is 3.43. The van der Waals surface area contributed by atoms with Crippen molar-refractivity contribution in [3.8, 4) is 0 Å². The predicted molar refractivity (Wildman–Crippen MR) is 78.7 cm³/mol. The molecule has 23 heavy (non-hydrogen) atoms. The number of aromatic nitrogens is 2. The van der Waals surface area contributed by atoms with Crippen LogP contribution in [0.15, 0.2) is 21.1 Å². The van der Waals surface area contributed by atoms with Gasteiger partial charge in [-0.15, -0.1) is 0 Å². The average Bonchev–Trinajstić information content (AvgIpc) is 3.24. The normalized spacial score (nSPS) is 27.2. The highest BCUT2D eigenvalue weighted by atomic mass is 16.5. The Morgan fingerprint density at radius 2 is 2.22 bits per heavy atom. The molecule has 0 bridgehead atoms. The number of carbonyl (C=O) groups is 1. The van der Waals surface area contributed by atoms with Crippen LogP contribution in [0.3, 0.4) is 0 Å². The van der Waals surface area contributed by atoms with Crippen LogP contribution in [0.2, 0.25) is 0 Å². The second kappa shape index (κ2) is 5.49. The van der Waals surface area contributed by atoms with Gasteiger partial charge in [0.1, 0.15) is 11.9 Å². The molecule has 0 unspecified atom stereocenters. The zero-order valence-corrected chi connectivity index (χ0v) is 13.2. The molecular weight excluding hydrogens is 298 g/mol. The first kappa shape index (κ1) is 14.4. The number of piperidine rings is 1. The maximum atomic E-state index is 12.5. The molecule has 7 heteroatoms. The Kier molecular flexibility index (Phi) is 3.45. The summed E-state index contributed by atoms with van der Waals surface area (Å²) in [5.74, 6) is 2.65. The van der Waals surface area contributed by atoms with Crippen molar-refractivity contribution in [2.75, 3.05) is 13.1 Å². The third-order valence-electron chi connectivity index (χ3n) is 4.62. The van der Waals surface area contributed by atoms with Gasteiger partial charge in [-0.25, -0.2) is 0 Å². The zero-order chi connectivity index (χ0) is 16.0. The summed E-state index contributed by atoms with van der Waals surface area (Å²) < 4.78 is 16.5. The summed E-state index contributed by atoms with van der Waals surface area (Å²) >= 11 is 0. The minimum atomic E-state index is -0.136. The van der Waals surface area contributed by atoms with Crippen molar-refractivity contribution in [1.29, 1.82) is 0 Å². The summed E-state index contributed by atoms with van der Waals surface area (Å²) in [5.41, 5.74) is 0. The molecule has 3 atom stereocenters. The molecule has 0 N–H and O–H groups in total. The number of nitrogens with zero attached hydrogens (tertiary/aromatic N) is 3. The van der Waals surface area contributed by atoms with Crippen molar-refractivity contribution in [1.82, 2.24) is 15.0 Å². The molecule has 0 spiro atoms. The van der Waals surface area contributed by atoms with E-state index in [4.69, 9.17) is 13.7 Å². The summed E-state index contributed by atoms with van der Waals surface area (Å²) in [6.45, 7) is 4.91. The number of rotatable bonds is 2. The molecule has 0 radical (unpaired) electrons. The zero-order valence-electron chi connectivity index (χ0n) is 13.2. The van der Waals surface area contributed by atoms with E-state index >= 15 is 0 Å². The van der Waals surface area contributed by atoms with Crippen molar-refractivity contribution < 1.29 is 18.5 Å². The molecule has 2 fully saturated rings. The van der Waals surface area contributed by atoms with Crippen molar-refractivity contribution in [3.63, 3.8) is 0 Å². The number of fused-ring (bicyclic) bond motifs is 1. The van der Waals surface area contributed by atoms with Crippen LogP contribution in [0.25, 0.3) is 0 Å². The van der Waals surface area contributed by atoms with Gasteiger partial charge in [0.25, 0.3) is 5.91 Å². The monoisotopic (exact) mass is 317 g/mol. The molecule has 1 amide bonds. The number of amides is 1. The van der Waals surface area contributed by atoms with Gasteiger partial charge < -0.3 is 18.6 Å². The summed E-state index contributed by atoms with van der Waals surface area (Å²) in [4.78, 5) is 18.6. The first-order chi connectivity index (χ1) is 11.1. The van der Waals surface area contributed by atoms with E-state index in [9.17, 15) is 4.79 Å². The third kappa shape index (κ3) is 2.65. The van der Waals surface area contributed by atoms with Crippen LogP contribution in [-0.4, -0.2) is 40.1 Å². The van der Waals surface area contributed by atoms with Gasteiger partial charge in [0.2, 0.25) is 11.7 Å². The van der Waals surface area contributed by atoms with Crippen molar-refractivity contribution >= 4 is 5.91 Å². The van der Waals surface area contributed by atoms with Gasteiger partial charge in [0, 0.05) is 20.0 Å². The molecule has 2 aliphatic rings. The standard InChI is InChI=1S/C16H19N3O4/c1-9-3-4-12(21-9)16(20)19-6-5-11-7-13(22-14(11)8-19)15-17-10(2)23-18-15/h3-4,11,13-14H,5-8H2,1-2H3/t11-,13+,14+/m0/s1. The van der Waals surface area contributed by atoms with Gasteiger partial charge in [-0.05, 0) is 37.8 Å². The Hall–Kier alpha value is -2.15. The lowest BCUT2D eigenvalue weighted by atomic mass is 9.91. The highest BCUT2D eigenvalue weighted by molar-refractivity contribution is 5.91. The molecule has 2 saturated heterocycles. The second-order valence-corrected chi connectivity index (χ2v) is 6.28. The van der Waals surface area contributed by atoms with E-state index in [0.29, 0.717) is 29.9 Å². The number of ether oxygens (including phenoxy) is 1. The molecule has 2 aromatic heterocycles. The molecular formula is C16H19N3O4. The predicted octanol–water partition coefficient (Wildman–Crippen LogP) is 2.27. The highest BCUT2D eigenvalue weighted by Crippen LogP contribution is 2.40. The van der Waals surface area contributed by atoms with E-state index in [0.717, 1.165) is 25.1 Å². The van der Waals surface area contributed by atoms with E-state index in [1.54, 1.807) is 19.1 Å². The minimum Gasteiger partial charge on any atom is -0.456 e. The fourth-order valence-electron chi connectivity index (χ4n) is 3.43. The maximum absolute atomic E-state index is 12.5. The van der Waals surface area contributed by atoms with Gasteiger partial charge in [0.05, 0.1) is 6.10 Å².